The molecular weight excluding hydrogens is 461 g/mol. The Kier molecular flexibility index (Phi) is 6.04. The van der Waals surface area contributed by atoms with Gasteiger partial charge in [-0.1, -0.05) is 45.2 Å². The van der Waals surface area contributed by atoms with Gasteiger partial charge in [-0.25, -0.2) is 8.42 Å². The van der Waals surface area contributed by atoms with E-state index < -0.39 is 10.0 Å². The van der Waals surface area contributed by atoms with Crippen molar-refractivity contribution in [1.29, 1.82) is 0 Å². The fourth-order valence-electron chi connectivity index (χ4n) is 2.85. The van der Waals surface area contributed by atoms with E-state index >= 15 is 0 Å². The van der Waals surface area contributed by atoms with Crippen LogP contribution >= 0.6 is 39.1 Å². The second kappa shape index (κ2) is 7.94. The van der Waals surface area contributed by atoms with Gasteiger partial charge in [0.25, 0.3) is 10.0 Å². The van der Waals surface area contributed by atoms with Crippen molar-refractivity contribution >= 4 is 60.5 Å². The average Bonchev–Trinajstić information content (AvgIpc) is 2.55. The van der Waals surface area contributed by atoms with Crippen molar-refractivity contribution in [3.05, 3.63) is 50.9 Å². The van der Waals surface area contributed by atoms with Gasteiger partial charge in [-0.15, -0.1) is 0 Å². The Labute approximate surface area is 172 Å². The molecule has 2 aromatic carbocycles. The molecule has 0 amide bonds. The molecule has 1 N–H and O–H groups in total. The third-order valence-electron chi connectivity index (χ3n) is 4.23. The Morgan fingerprint density at radius 2 is 1.65 bits per heavy atom. The lowest BCUT2D eigenvalue weighted by atomic mass is 10.2. The topological polar surface area (TPSA) is 52.6 Å². The van der Waals surface area contributed by atoms with Crippen molar-refractivity contribution in [2.24, 2.45) is 0 Å². The second-order valence-corrected chi connectivity index (χ2v) is 9.46. The summed E-state index contributed by atoms with van der Waals surface area (Å²) in [5.74, 6) is 0. The highest BCUT2D eigenvalue weighted by Gasteiger charge is 2.24. The van der Waals surface area contributed by atoms with Crippen molar-refractivity contribution in [2.45, 2.75) is 4.90 Å². The van der Waals surface area contributed by atoms with E-state index in [2.05, 4.69) is 37.5 Å². The van der Waals surface area contributed by atoms with Crippen molar-refractivity contribution in [3.8, 4) is 0 Å². The molecule has 0 aromatic heterocycles. The Hall–Kier alpha value is -0.990. The number of nitrogens with one attached hydrogen (secondary N) is 1. The third-order valence-corrected chi connectivity index (χ3v) is 7.05. The van der Waals surface area contributed by atoms with Gasteiger partial charge in [-0.2, -0.15) is 0 Å². The predicted molar refractivity (Wildman–Crippen MR) is 111 cm³/mol. The molecule has 1 saturated heterocycles. The standard InChI is InChI=1S/C17H18BrCl2N3O2S/c1-22-7-9-23(10-8-22)16-6-5-12(18)11-15(16)21-26(24,25)17-13(19)3-2-4-14(17)20/h2-6,11,21H,7-10H2,1H3. The maximum atomic E-state index is 12.9. The summed E-state index contributed by atoms with van der Waals surface area (Å²) in [4.78, 5) is 4.29. The van der Waals surface area contributed by atoms with Crippen molar-refractivity contribution in [1.82, 2.24) is 4.90 Å². The van der Waals surface area contributed by atoms with Crippen LogP contribution in [0.5, 0.6) is 0 Å². The summed E-state index contributed by atoms with van der Waals surface area (Å²) in [7, 11) is -1.86. The van der Waals surface area contributed by atoms with Gasteiger partial charge in [0.05, 0.1) is 21.4 Å². The van der Waals surface area contributed by atoms with Gasteiger partial charge in [-0.05, 0) is 37.4 Å². The smallest absolute Gasteiger partial charge is 0.264 e. The van der Waals surface area contributed by atoms with Crippen LogP contribution in [0, 0.1) is 0 Å². The number of hydrogen-bond donors (Lipinski definition) is 1. The summed E-state index contributed by atoms with van der Waals surface area (Å²) in [6, 6.07) is 10.2. The quantitative estimate of drug-likeness (QED) is 0.711. The Morgan fingerprint density at radius 3 is 2.27 bits per heavy atom. The molecule has 1 aliphatic rings. The average molecular weight is 479 g/mol. The fourth-order valence-corrected chi connectivity index (χ4v) is 5.42. The number of nitrogens with zero attached hydrogens (tertiary/aromatic N) is 2. The molecule has 0 aliphatic carbocycles. The van der Waals surface area contributed by atoms with Crippen LogP contribution in [0.25, 0.3) is 0 Å². The molecule has 9 heteroatoms. The molecule has 0 bridgehead atoms. The Morgan fingerprint density at radius 1 is 1.04 bits per heavy atom. The van der Waals surface area contributed by atoms with Crippen LogP contribution in [0.15, 0.2) is 45.8 Å². The maximum absolute atomic E-state index is 12.9. The van der Waals surface area contributed by atoms with Gasteiger partial charge < -0.3 is 9.80 Å². The molecule has 0 saturated carbocycles. The van der Waals surface area contributed by atoms with Crippen LogP contribution < -0.4 is 9.62 Å². The van der Waals surface area contributed by atoms with E-state index in [1.54, 1.807) is 12.1 Å². The number of piperazine rings is 1. The van der Waals surface area contributed by atoms with Crippen LogP contribution in [-0.4, -0.2) is 46.5 Å². The maximum Gasteiger partial charge on any atom is 0.264 e. The minimum absolute atomic E-state index is 0.0844. The molecular formula is C17H18BrCl2N3O2S. The molecule has 0 unspecified atom stereocenters. The number of rotatable bonds is 4. The monoisotopic (exact) mass is 477 g/mol. The summed E-state index contributed by atoms with van der Waals surface area (Å²) in [5, 5.41) is 0.169. The van der Waals surface area contributed by atoms with E-state index in [0.717, 1.165) is 36.3 Å². The van der Waals surface area contributed by atoms with Gasteiger partial charge in [0.2, 0.25) is 0 Å². The Bertz CT molecular complexity index is 896. The van der Waals surface area contributed by atoms with Crippen molar-refractivity contribution in [2.75, 3.05) is 42.8 Å². The van der Waals surface area contributed by atoms with Crippen LogP contribution in [0.4, 0.5) is 11.4 Å². The first kappa shape index (κ1) is 19.8. The first-order chi connectivity index (χ1) is 12.3. The van der Waals surface area contributed by atoms with E-state index in [1.165, 1.54) is 12.1 Å². The molecule has 0 spiro atoms. The van der Waals surface area contributed by atoms with Crippen LogP contribution in [0.3, 0.4) is 0 Å². The zero-order valence-corrected chi connectivity index (χ0v) is 18.0. The summed E-state index contributed by atoms with van der Waals surface area (Å²) in [6.07, 6.45) is 0. The SMILES string of the molecule is CN1CCN(c2ccc(Br)cc2NS(=O)(=O)c2c(Cl)cccc2Cl)CC1. The van der Waals surface area contributed by atoms with Crippen molar-refractivity contribution < 1.29 is 8.42 Å². The highest BCUT2D eigenvalue weighted by molar-refractivity contribution is 9.10. The van der Waals surface area contributed by atoms with Gasteiger partial charge in [0, 0.05) is 30.7 Å². The second-order valence-electron chi connectivity index (χ2n) is 6.11. The van der Waals surface area contributed by atoms with E-state index in [1.807, 2.05) is 12.1 Å². The first-order valence-electron chi connectivity index (χ1n) is 7.98. The predicted octanol–water partition coefficient (Wildman–Crippen LogP) is 4.31. The zero-order valence-electron chi connectivity index (χ0n) is 14.0. The van der Waals surface area contributed by atoms with Crippen LogP contribution in [-0.2, 0) is 10.0 Å². The van der Waals surface area contributed by atoms with Gasteiger partial charge in [-0.3, -0.25) is 4.72 Å². The van der Waals surface area contributed by atoms with Crippen LogP contribution in [0.1, 0.15) is 0 Å². The molecule has 0 radical (unpaired) electrons. The van der Waals surface area contributed by atoms with E-state index in [4.69, 9.17) is 23.2 Å². The molecule has 1 fully saturated rings. The molecule has 140 valence electrons. The lowest BCUT2D eigenvalue weighted by molar-refractivity contribution is 0.313. The number of anilines is 2. The molecule has 1 aliphatic heterocycles. The summed E-state index contributed by atoms with van der Waals surface area (Å²) < 4.78 is 29.3. The molecule has 2 aromatic rings. The highest BCUT2D eigenvalue weighted by atomic mass is 79.9. The summed E-state index contributed by atoms with van der Waals surface area (Å²) in [6.45, 7) is 3.47. The van der Waals surface area contributed by atoms with Gasteiger partial charge in [0.15, 0.2) is 0 Å². The summed E-state index contributed by atoms with van der Waals surface area (Å²) >= 11 is 15.6. The summed E-state index contributed by atoms with van der Waals surface area (Å²) in [5.41, 5.74) is 1.31. The molecule has 1 heterocycles. The molecule has 26 heavy (non-hydrogen) atoms. The largest absolute Gasteiger partial charge is 0.367 e. The highest BCUT2D eigenvalue weighted by Crippen LogP contribution is 2.35. The first-order valence-corrected chi connectivity index (χ1v) is 11.0. The lowest BCUT2D eigenvalue weighted by Crippen LogP contribution is -2.44. The number of halogens is 3. The van der Waals surface area contributed by atoms with Gasteiger partial charge in [0.1, 0.15) is 4.90 Å². The minimum Gasteiger partial charge on any atom is -0.367 e. The molecule has 3 rings (SSSR count). The van der Waals surface area contributed by atoms with Crippen LogP contribution in [0.2, 0.25) is 10.0 Å². The minimum atomic E-state index is -3.94. The Balaban J connectivity index is 1.98. The number of likely N-dealkylation sites (N-methyl/N-ethyl adjacent to an activating group) is 1. The number of benzene rings is 2. The number of hydrogen-bond acceptors (Lipinski definition) is 4. The molecule has 0 atom stereocenters. The third kappa shape index (κ3) is 4.28. The zero-order chi connectivity index (χ0) is 18.9. The lowest BCUT2D eigenvalue weighted by Gasteiger charge is -2.35. The van der Waals surface area contributed by atoms with E-state index in [-0.39, 0.29) is 14.9 Å². The molecule has 5 nitrogen and oxygen atoms in total. The normalized spacial score (nSPS) is 15.9. The van der Waals surface area contributed by atoms with E-state index in [0.29, 0.717) is 5.69 Å². The van der Waals surface area contributed by atoms with Gasteiger partial charge >= 0.3 is 0 Å². The fraction of sp³-hybridized carbons (Fsp3) is 0.294. The number of sulfonamides is 1. The van der Waals surface area contributed by atoms with E-state index in [9.17, 15) is 8.42 Å². The van der Waals surface area contributed by atoms with Crippen molar-refractivity contribution in [3.63, 3.8) is 0 Å².